The summed E-state index contributed by atoms with van der Waals surface area (Å²) in [7, 11) is 0. The monoisotopic (exact) mass is 429 g/mol. The molecule has 166 valence electrons. The predicted molar refractivity (Wildman–Crippen MR) is 112 cm³/mol. The third-order valence-electron chi connectivity index (χ3n) is 5.63. The number of amides is 3. The molecule has 0 aromatic carbocycles. The van der Waals surface area contributed by atoms with Crippen molar-refractivity contribution in [1.82, 2.24) is 30.9 Å². The maximum Gasteiger partial charge on any atom is 0.273 e. The summed E-state index contributed by atoms with van der Waals surface area (Å²) in [5, 5.41) is 11.2. The average Bonchev–Trinajstić information content (AvgIpc) is 3.22. The summed E-state index contributed by atoms with van der Waals surface area (Å²) in [6, 6.07) is -0.493. The van der Waals surface area contributed by atoms with Gasteiger partial charge in [-0.2, -0.15) is 5.10 Å². The number of hydrogen-bond acceptors (Lipinski definition) is 7. The fourth-order valence-corrected chi connectivity index (χ4v) is 3.91. The third-order valence-corrected chi connectivity index (χ3v) is 5.63. The molecule has 31 heavy (non-hydrogen) atoms. The Kier molecular flexibility index (Phi) is 6.31. The maximum absolute atomic E-state index is 12.9. The molecule has 2 aromatic rings. The molecule has 0 aliphatic carbocycles. The van der Waals surface area contributed by atoms with Gasteiger partial charge in [0.25, 0.3) is 11.8 Å². The molecule has 1 unspecified atom stereocenters. The van der Waals surface area contributed by atoms with E-state index in [1.165, 1.54) is 6.20 Å². The van der Waals surface area contributed by atoms with E-state index in [0.717, 1.165) is 18.2 Å². The molecule has 4 N–H and O–H groups in total. The summed E-state index contributed by atoms with van der Waals surface area (Å²) < 4.78 is 7.19. The van der Waals surface area contributed by atoms with Gasteiger partial charge >= 0.3 is 0 Å². The second-order valence-corrected chi connectivity index (χ2v) is 7.73. The molecule has 2 aliphatic rings. The van der Waals surface area contributed by atoms with Crippen LogP contribution in [0, 0.1) is 0 Å². The summed E-state index contributed by atoms with van der Waals surface area (Å²) in [6.07, 6.45) is 6.42. The van der Waals surface area contributed by atoms with Crippen molar-refractivity contribution in [1.29, 1.82) is 0 Å². The number of hydrogen-bond donors (Lipinski definition) is 4. The predicted octanol–water partition coefficient (Wildman–Crippen LogP) is 0.472. The van der Waals surface area contributed by atoms with E-state index >= 15 is 0 Å². The number of anilines is 1. The van der Waals surface area contributed by atoms with Gasteiger partial charge in [-0.25, -0.2) is 9.67 Å². The number of aromatic nitrogens is 3. The lowest BCUT2D eigenvalue weighted by Gasteiger charge is -2.25. The van der Waals surface area contributed by atoms with Crippen LogP contribution in [-0.2, 0) is 20.9 Å². The zero-order valence-electron chi connectivity index (χ0n) is 17.4. The van der Waals surface area contributed by atoms with Crippen LogP contribution in [0.25, 0.3) is 11.0 Å². The molecule has 0 spiro atoms. The molecule has 0 radical (unpaired) electrons. The summed E-state index contributed by atoms with van der Waals surface area (Å²) in [6.45, 7) is 3.94. The Balaban J connectivity index is 1.53. The molecule has 2 saturated heterocycles. The zero-order chi connectivity index (χ0) is 21.8. The molecule has 4 rings (SSSR count). The van der Waals surface area contributed by atoms with Crippen LogP contribution >= 0.6 is 0 Å². The fourth-order valence-electron chi connectivity index (χ4n) is 3.91. The molecule has 2 aromatic heterocycles. The van der Waals surface area contributed by atoms with Gasteiger partial charge in [0.2, 0.25) is 5.91 Å². The number of nitrogens with zero attached hydrogens (tertiary/aromatic N) is 3. The van der Waals surface area contributed by atoms with Crippen molar-refractivity contribution in [2.24, 2.45) is 0 Å². The van der Waals surface area contributed by atoms with E-state index in [1.807, 2.05) is 6.92 Å². The van der Waals surface area contributed by atoms with Crippen LogP contribution in [-0.4, -0.2) is 57.8 Å². The SMILES string of the molecule is CCn1ncc2c(NC3CCOCC3)c(C(=O)NNC(=O)C3CCCC(=O)N3)cnc21. The lowest BCUT2D eigenvalue weighted by molar-refractivity contribution is -0.131. The van der Waals surface area contributed by atoms with Crippen LogP contribution < -0.4 is 21.5 Å². The van der Waals surface area contributed by atoms with Gasteiger partial charge in [-0.05, 0) is 32.6 Å². The molecular formula is C20H27N7O4. The van der Waals surface area contributed by atoms with Gasteiger partial charge < -0.3 is 15.4 Å². The lowest BCUT2D eigenvalue weighted by atomic mass is 10.0. The van der Waals surface area contributed by atoms with Crippen molar-refractivity contribution in [3.8, 4) is 0 Å². The minimum absolute atomic E-state index is 0.155. The highest BCUT2D eigenvalue weighted by molar-refractivity contribution is 6.07. The third kappa shape index (κ3) is 4.61. The Morgan fingerprint density at radius 1 is 1.23 bits per heavy atom. The van der Waals surface area contributed by atoms with E-state index in [1.54, 1.807) is 10.9 Å². The minimum atomic E-state index is -0.648. The Labute approximate surface area is 179 Å². The molecule has 11 nitrogen and oxygen atoms in total. The molecule has 3 amide bonds. The minimum Gasteiger partial charge on any atom is -0.381 e. The number of rotatable bonds is 5. The van der Waals surface area contributed by atoms with Gasteiger partial charge in [-0.3, -0.25) is 25.2 Å². The standard InChI is InChI=1S/C20H27N7O4/c1-2-27-18-13(11-22-27)17(23-12-6-8-31-9-7-12)14(10-21-18)19(29)25-26-20(30)15-4-3-5-16(28)24-15/h10-12,15H,2-9H2,1H3,(H,21,23)(H,24,28)(H,25,29)(H,26,30). The molecule has 2 fully saturated rings. The number of nitrogens with one attached hydrogen (secondary N) is 4. The van der Waals surface area contributed by atoms with E-state index in [-0.39, 0.29) is 11.9 Å². The Morgan fingerprint density at radius 3 is 2.77 bits per heavy atom. The first-order valence-corrected chi connectivity index (χ1v) is 10.6. The van der Waals surface area contributed by atoms with Crippen LogP contribution in [0.5, 0.6) is 0 Å². The molecule has 1 atom stereocenters. The van der Waals surface area contributed by atoms with Crippen LogP contribution in [0.2, 0.25) is 0 Å². The second kappa shape index (κ2) is 9.29. The molecule has 11 heteroatoms. The molecular weight excluding hydrogens is 402 g/mol. The first kappa shape index (κ1) is 21.0. The molecule has 4 heterocycles. The first-order valence-electron chi connectivity index (χ1n) is 10.6. The Hall–Kier alpha value is -3.21. The Morgan fingerprint density at radius 2 is 2.03 bits per heavy atom. The summed E-state index contributed by atoms with van der Waals surface area (Å²) in [5.41, 5.74) is 6.49. The van der Waals surface area contributed by atoms with E-state index in [0.29, 0.717) is 55.9 Å². The lowest BCUT2D eigenvalue weighted by Crippen LogP contribution is -2.53. The number of fused-ring (bicyclic) bond motifs is 1. The van der Waals surface area contributed by atoms with Gasteiger partial charge in [0.1, 0.15) is 6.04 Å². The van der Waals surface area contributed by atoms with Crippen molar-refractivity contribution >= 4 is 34.4 Å². The van der Waals surface area contributed by atoms with Crippen molar-refractivity contribution < 1.29 is 19.1 Å². The number of carbonyl (C=O) groups is 3. The average molecular weight is 429 g/mol. The number of carbonyl (C=O) groups excluding carboxylic acids is 3. The largest absolute Gasteiger partial charge is 0.381 e. The van der Waals surface area contributed by atoms with Gasteiger partial charge in [-0.15, -0.1) is 0 Å². The molecule has 0 bridgehead atoms. The topological polar surface area (TPSA) is 139 Å². The van der Waals surface area contributed by atoms with E-state index in [9.17, 15) is 14.4 Å². The quantitative estimate of drug-likeness (QED) is 0.507. The Bertz CT molecular complexity index is 983. The van der Waals surface area contributed by atoms with Gasteiger partial charge in [0.05, 0.1) is 22.8 Å². The van der Waals surface area contributed by atoms with E-state index < -0.39 is 17.9 Å². The molecule has 2 aliphatic heterocycles. The first-order chi connectivity index (χ1) is 15.1. The van der Waals surface area contributed by atoms with Gasteiger partial charge in [0, 0.05) is 38.4 Å². The van der Waals surface area contributed by atoms with Crippen LogP contribution in [0.3, 0.4) is 0 Å². The van der Waals surface area contributed by atoms with E-state index in [2.05, 4.69) is 31.6 Å². The maximum atomic E-state index is 12.9. The van der Waals surface area contributed by atoms with Crippen molar-refractivity contribution in [2.75, 3.05) is 18.5 Å². The van der Waals surface area contributed by atoms with Gasteiger partial charge in [0.15, 0.2) is 5.65 Å². The van der Waals surface area contributed by atoms with Crippen molar-refractivity contribution in [2.45, 2.75) is 57.7 Å². The van der Waals surface area contributed by atoms with Crippen LogP contribution in [0.1, 0.15) is 49.4 Å². The summed E-state index contributed by atoms with van der Waals surface area (Å²) in [5.74, 6) is -1.11. The number of aryl methyl sites for hydroxylation is 1. The number of ether oxygens (including phenoxy) is 1. The molecule has 0 saturated carbocycles. The van der Waals surface area contributed by atoms with Gasteiger partial charge in [-0.1, -0.05) is 0 Å². The zero-order valence-corrected chi connectivity index (χ0v) is 17.4. The number of pyridine rings is 1. The van der Waals surface area contributed by atoms with Crippen molar-refractivity contribution in [3.05, 3.63) is 18.0 Å². The van der Waals surface area contributed by atoms with Crippen LogP contribution in [0.15, 0.2) is 12.4 Å². The fraction of sp³-hybridized carbons (Fsp3) is 0.550. The van der Waals surface area contributed by atoms with Crippen LogP contribution in [0.4, 0.5) is 5.69 Å². The van der Waals surface area contributed by atoms with Crippen molar-refractivity contribution in [3.63, 3.8) is 0 Å². The number of piperidine rings is 1. The smallest absolute Gasteiger partial charge is 0.273 e. The normalized spacial score (nSPS) is 19.6. The highest BCUT2D eigenvalue weighted by atomic mass is 16.5. The van der Waals surface area contributed by atoms with E-state index in [4.69, 9.17) is 4.74 Å². The second-order valence-electron chi connectivity index (χ2n) is 7.73. The highest BCUT2D eigenvalue weighted by Gasteiger charge is 2.26. The highest BCUT2D eigenvalue weighted by Crippen LogP contribution is 2.28. The summed E-state index contributed by atoms with van der Waals surface area (Å²) in [4.78, 5) is 41.2. The number of hydrazine groups is 1. The summed E-state index contributed by atoms with van der Waals surface area (Å²) >= 11 is 0.